The summed E-state index contributed by atoms with van der Waals surface area (Å²) in [6.07, 6.45) is 0. The zero-order chi connectivity index (χ0) is 15.8. The summed E-state index contributed by atoms with van der Waals surface area (Å²) in [5.41, 5.74) is 0. The third-order valence-corrected chi connectivity index (χ3v) is 7.41. The second-order valence-corrected chi connectivity index (χ2v) is 9.32. The van der Waals surface area contributed by atoms with Crippen LogP contribution >= 0.6 is 0 Å². The molecule has 0 aliphatic carbocycles. The highest BCUT2D eigenvalue weighted by Crippen LogP contribution is 2.27. The fourth-order valence-corrected chi connectivity index (χ4v) is 5.01. The van der Waals surface area contributed by atoms with Gasteiger partial charge in [0, 0.05) is 27.2 Å². The second-order valence-electron chi connectivity index (χ2n) is 4.95. The van der Waals surface area contributed by atoms with Crippen LogP contribution in [0.4, 0.5) is 0 Å². The van der Waals surface area contributed by atoms with Gasteiger partial charge in [-0.1, -0.05) is 0 Å². The zero-order valence-electron chi connectivity index (χ0n) is 12.1. The van der Waals surface area contributed by atoms with Gasteiger partial charge in [0.1, 0.15) is 5.75 Å². The average molecular weight is 334 g/mol. The van der Waals surface area contributed by atoms with Gasteiger partial charge in [0.05, 0.1) is 17.3 Å². The Kier molecular flexibility index (Phi) is 4.29. The van der Waals surface area contributed by atoms with Gasteiger partial charge in [-0.2, -0.15) is 17.0 Å². The second kappa shape index (κ2) is 5.56. The van der Waals surface area contributed by atoms with Crippen molar-refractivity contribution in [1.29, 1.82) is 0 Å². The summed E-state index contributed by atoms with van der Waals surface area (Å²) in [5.74, 6) is 0.569. The minimum atomic E-state index is -3.54. The number of benzene rings is 1. The summed E-state index contributed by atoms with van der Waals surface area (Å²) in [4.78, 5) is 0.176. The van der Waals surface area contributed by atoms with Crippen molar-refractivity contribution in [2.45, 2.75) is 10.1 Å². The molecule has 118 valence electrons. The van der Waals surface area contributed by atoms with Crippen LogP contribution in [0.25, 0.3) is 0 Å². The van der Waals surface area contributed by atoms with Crippen LogP contribution in [0.1, 0.15) is 0 Å². The van der Waals surface area contributed by atoms with E-state index in [1.165, 1.54) is 33.3 Å². The maximum Gasteiger partial charge on any atom is 0.281 e. The van der Waals surface area contributed by atoms with E-state index in [0.29, 0.717) is 5.75 Å². The molecule has 1 saturated heterocycles. The van der Waals surface area contributed by atoms with Gasteiger partial charge in [0.15, 0.2) is 9.84 Å². The number of sulfone groups is 1. The molecule has 1 fully saturated rings. The van der Waals surface area contributed by atoms with E-state index >= 15 is 0 Å². The molecule has 1 aromatic rings. The number of nitrogens with zero attached hydrogens (tertiary/aromatic N) is 2. The first kappa shape index (κ1) is 16.2. The smallest absolute Gasteiger partial charge is 0.281 e. The van der Waals surface area contributed by atoms with Crippen molar-refractivity contribution >= 4 is 20.0 Å². The highest BCUT2D eigenvalue weighted by atomic mass is 32.2. The number of rotatable bonds is 5. The lowest BCUT2D eigenvalue weighted by atomic mass is 10.3. The van der Waals surface area contributed by atoms with E-state index in [2.05, 4.69) is 0 Å². The first-order valence-electron chi connectivity index (χ1n) is 6.25. The average Bonchev–Trinajstić information content (AvgIpc) is 2.36. The minimum Gasteiger partial charge on any atom is -0.497 e. The van der Waals surface area contributed by atoms with E-state index in [0.717, 1.165) is 8.61 Å². The van der Waals surface area contributed by atoms with Crippen LogP contribution < -0.4 is 4.74 Å². The first-order valence-corrected chi connectivity index (χ1v) is 9.19. The number of hydrogen-bond acceptors (Lipinski definition) is 5. The molecule has 1 aliphatic rings. The van der Waals surface area contributed by atoms with E-state index in [1.54, 1.807) is 12.1 Å². The van der Waals surface area contributed by atoms with Crippen molar-refractivity contribution < 1.29 is 21.6 Å². The maximum atomic E-state index is 12.4. The molecule has 0 unspecified atom stereocenters. The summed E-state index contributed by atoms with van der Waals surface area (Å²) in [5, 5.41) is -0.708. The van der Waals surface area contributed by atoms with Crippen LogP contribution in [0, 0.1) is 0 Å². The van der Waals surface area contributed by atoms with E-state index in [1.807, 2.05) is 0 Å². The molecule has 7 nitrogen and oxygen atoms in total. The number of methoxy groups -OCH3 is 1. The molecule has 0 aromatic heterocycles. The normalized spacial score (nSPS) is 17.7. The minimum absolute atomic E-state index is 0.0190. The summed E-state index contributed by atoms with van der Waals surface area (Å²) in [7, 11) is -2.74. The molecule has 21 heavy (non-hydrogen) atoms. The first-order chi connectivity index (χ1) is 9.69. The van der Waals surface area contributed by atoms with Crippen molar-refractivity contribution in [2.24, 2.45) is 0 Å². The zero-order valence-corrected chi connectivity index (χ0v) is 13.7. The Morgan fingerprint density at radius 2 is 1.62 bits per heavy atom. The van der Waals surface area contributed by atoms with Gasteiger partial charge in [-0.05, 0) is 24.3 Å². The topological polar surface area (TPSA) is 84.0 Å². The molecule has 1 heterocycles. The molecule has 1 aromatic carbocycles. The molecule has 2 rings (SSSR count). The highest BCUT2D eigenvalue weighted by Gasteiger charge is 2.44. The highest BCUT2D eigenvalue weighted by molar-refractivity contribution is 7.92. The monoisotopic (exact) mass is 334 g/mol. The van der Waals surface area contributed by atoms with Gasteiger partial charge in [-0.25, -0.2) is 8.42 Å². The van der Waals surface area contributed by atoms with Crippen molar-refractivity contribution in [2.75, 3.05) is 34.3 Å². The molecule has 0 bridgehead atoms. The fraction of sp³-hybridized carbons (Fsp3) is 0.500. The standard InChI is InChI=1S/C12H18N2O5S2/c1-13(2)21(17,18)14-8-12(9-14)20(15,16)11-6-4-10(19-3)5-7-11/h4-7,12H,8-9H2,1-3H3. The number of hydrogen-bond donors (Lipinski definition) is 0. The fourth-order valence-electron chi connectivity index (χ4n) is 1.97. The van der Waals surface area contributed by atoms with Gasteiger partial charge in [-0.15, -0.1) is 0 Å². The van der Waals surface area contributed by atoms with E-state index < -0.39 is 25.3 Å². The largest absolute Gasteiger partial charge is 0.497 e. The quantitative estimate of drug-likeness (QED) is 0.754. The van der Waals surface area contributed by atoms with Crippen LogP contribution in [-0.4, -0.2) is 65.0 Å². The SMILES string of the molecule is COc1ccc(S(=O)(=O)C2CN(S(=O)(=O)N(C)C)C2)cc1. The molecule has 0 N–H and O–H groups in total. The van der Waals surface area contributed by atoms with Crippen LogP contribution in [0.15, 0.2) is 29.2 Å². The molecule has 0 spiro atoms. The molecule has 0 atom stereocenters. The molecule has 0 amide bonds. The summed E-state index contributed by atoms with van der Waals surface area (Å²) < 4.78 is 55.7. The van der Waals surface area contributed by atoms with Crippen LogP contribution in [0.2, 0.25) is 0 Å². The van der Waals surface area contributed by atoms with E-state index in [9.17, 15) is 16.8 Å². The molecule has 0 saturated carbocycles. The van der Waals surface area contributed by atoms with Crippen molar-refractivity contribution in [1.82, 2.24) is 8.61 Å². The predicted octanol–water partition coefficient (Wildman–Crippen LogP) is -0.0405. The Balaban J connectivity index is 2.13. The van der Waals surface area contributed by atoms with E-state index in [-0.39, 0.29) is 18.0 Å². The maximum absolute atomic E-state index is 12.4. The van der Waals surface area contributed by atoms with Crippen LogP contribution in [0.3, 0.4) is 0 Å². The van der Waals surface area contributed by atoms with Crippen molar-refractivity contribution in [3.05, 3.63) is 24.3 Å². The lowest BCUT2D eigenvalue weighted by molar-refractivity contribution is 0.290. The Morgan fingerprint density at radius 3 is 2.05 bits per heavy atom. The third kappa shape index (κ3) is 2.91. The molecule has 1 aliphatic heterocycles. The third-order valence-electron chi connectivity index (χ3n) is 3.43. The molecular weight excluding hydrogens is 316 g/mol. The predicted molar refractivity (Wildman–Crippen MR) is 78.1 cm³/mol. The molecule has 0 radical (unpaired) electrons. The van der Waals surface area contributed by atoms with Gasteiger partial charge in [0.2, 0.25) is 0 Å². The Bertz CT molecular complexity index is 705. The lowest BCUT2D eigenvalue weighted by Gasteiger charge is -2.38. The number of ether oxygens (including phenoxy) is 1. The van der Waals surface area contributed by atoms with Crippen LogP contribution in [0.5, 0.6) is 5.75 Å². The Morgan fingerprint density at radius 1 is 1.10 bits per heavy atom. The van der Waals surface area contributed by atoms with Crippen molar-refractivity contribution in [3.63, 3.8) is 0 Å². The Labute approximate surface area is 125 Å². The van der Waals surface area contributed by atoms with Gasteiger partial charge in [0.25, 0.3) is 10.2 Å². The van der Waals surface area contributed by atoms with Gasteiger partial charge >= 0.3 is 0 Å². The van der Waals surface area contributed by atoms with E-state index in [4.69, 9.17) is 4.74 Å². The van der Waals surface area contributed by atoms with Gasteiger partial charge < -0.3 is 4.74 Å². The Hall–Kier alpha value is -1.16. The summed E-state index contributed by atoms with van der Waals surface area (Å²) in [6, 6.07) is 6.08. The summed E-state index contributed by atoms with van der Waals surface area (Å²) in [6.45, 7) is -0.0379. The van der Waals surface area contributed by atoms with Crippen molar-refractivity contribution in [3.8, 4) is 5.75 Å². The van der Waals surface area contributed by atoms with Crippen LogP contribution in [-0.2, 0) is 20.0 Å². The summed E-state index contributed by atoms with van der Waals surface area (Å²) >= 11 is 0. The molecule has 9 heteroatoms. The lowest BCUT2D eigenvalue weighted by Crippen LogP contribution is -2.59. The van der Waals surface area contributed by atoms with Gasteiger partial charge in [-0.3, -0.25) is 0 Å². The molecular formula is C12H18N2O5S2.